The van der Waals surface area contributed by atoms with Crippen LogP contribution in [0, 0.1) is 5.92 Å². The van der Waals surface area contributed by atoms with E-state index in [1.54, 1.807) is 0 Å². The number of hydrogen-bond donors (Lipinski definition) is 3. The van der Waals surface area contributed by atoms with Gasteiger partial charge in [0.25, 0.3) is 0 Å². The molecule has 3 N–H and O–H groups in total. The second kappa shape index (κ2) is 8.56. The normalized spacial score (nSPS) is 29.0. The third kappa shape index (κ3) is 4.26. The second-order valence-electron chi connectivity index (χ2n) is 6.35. The standard InChI is InChI=1S/C20H24O5/c21-11-16-17(22)18(23)20(25-13-15-9-5-2-6-10-15)19(16)24-12-14-7-3-1-4-8-14/h1-10,16-23H,11-13H2/t16-,17-,18-,19+,20+/m0/s1. The predicted octanol–water partition coefficient (Wildman–Crippen LogP) is 1.50. The van der Waals surface area contributed by atoms with Gasteiger partial charge in [0.2, 0.25) is 0 Å². The zero-order valence-corrected chi connectivity index (χ0v) is 13.9. The van der Waals surface area contributed by atoms with E-state index >= 15 is 0 Å². The highest BCUT2D eigenvalue weighted by Crippen LogP contribution is 2.33. The average Bonchev–Trinajstić information content (AvgIpc) is 2.89. The molecule has 5 heteroatoms. The van der Waals surface area contributed by atoms with E-state index in [2.05, 4.69) is 0 Å². The smallest absolute Gasteiger partial charge is 0.113 e. The lowest BCUT2D eigenvalue weighted by atomic mass is 10.0. The van der Waals surface area contributed by atoms with Crippen molar-refractivity contribution < 1.29 is 24.8 Å². The van der Waals surface area contributed by atoms with Crippen molar-refractivity contribution in [3.63, 3.8) is 0 Å². The lowest BCUT2D eigenvalue weighted by Crippen LogP contribution is -2.36. The van der Waals surface area contributed by atoms with Crippen LogP contribution in [-0.2, 0) is 22.7 Å². The largest absolute Gasteiger partial charge is 0.396 e. The zero-order chi connectivity index (χ0) is 17.6. The first-order valence-electron chi connectivity index (χ1n) is 8.48. The fourth-order valence-electron chi connectivity index (χ4n) is 3.24. The molecule has 0 unspecified atom stereocenters. The zero-order valence-electron chi connectivity index (χ0n) is 13.9. The minimum absolute atomic E-state index is 0.275. The molecule has 0 saturated heterocycles. The molecule has 2 aromatic carbocycles. The van der Waals surface area contributed by atoms with Crippen LogP contribution >= 0.6 is 0 Å². The van der Waals surface area contributed by atoms with Gasteiger partial charge in [-0.3, -0.25) is 0 Å². The molecule has 0 heterocycles. The molecule has 0 aliphatic heterocycles. The van der Waals surface area contributed by atoms with E-state index in [0.29, 0.717) is 13.2 Å². The van der Waals surface area contributed by atoms with Crippen molar-refractivity contribution in [1.29, 1.82) is 0 Å². The first kappa shape index (κ1) is 18.0. The summed E-state index contributed by atoms with van der Waals surface area (Å²) in [6.07, 6.45) is -3.46. The summed E-state index contributed by atoms with van der Waals surface area (Å²) in [5.74, 6) is -0.584. The molecule has 0 bridgehead atoms. The summed E-state index contributed by atoms with van der Waals surface area (Å²) in [4.78, 5) is 0. The van der Waals surface area contributed by atoms with E-state index < -0.39 is 30.3 Å². The van der Waals surface area contributed by atoms with Gasteiger partial charge in [0.15, 0.2) is 0 Å². The van der Waals surface area contributed by atoms with Gasteiger partial charge in [-0.25, -0.2) is 0 Å². The fraction of sp³-hybridized carbons (Fsp3) is 0.400. The van der Waals surface area contributed by atoms with Crippen LogP contribution in [0.25, 0.3) is 0 Å². The molecule has 0 aromatic heterocycles. The van der Waals surface area contributed by atoms with Gasteiger partial charge >= 0.3 is 0 Å². The topological polar surface area (TPSA) is 79.2 Å². The van der Waals surface area contributed by atoms with E-state index in [-0.39, 0.29) is 6.61 Å². The molecular weight excluding hydrogens is 320 g/mol. The van der Waals surface area contributed by atoms with Crippen LogP contribution in [0.2, 0.25) is 0 Å². The molecule has 0 amide bonds. The van der Waals surface area contributed by atoms with Crippen LogP contribution in [0.1, 0.15) is 11.1 Å². The van der Waals surface area contributed by atoms with E-state index in [0.717, 1.165) is 11.1 Å². The summed E-state index contributed by atoms with van der Waals surface area (Å²) < 4.78 is 11.8. The number of aliphatic hydroxyl groups is 3. The molecule has 1 fully saturated rings. The van der Waals surface area contributed by atoms with Gasteiger partial charge in [-0.2, -0.15) is 0 Å². The summed E-state index contributed by atoms with van der Waals surface area (Å²) in [6, 6.07) is 19.3. The number of ether oxygens (including phenoxy) is 2. The van der Waals surface area contributed by atoms with Gasteiger partial charge in [-0.15, -0.1) is 0 Å². The molecular formula is C20H24O5. The highest BCUT2D eigenvalue weighted by molar-refractivity contribution is 5.15. The number of aliphatic hydroxyl groups excluding tert-OH is 3. The van der Waals surface area contributed by atoms with Crippen molar-refractivity contribution in [2.24, 2.45) is 5.92 Å². The summed E-state index contributed by atoms with van der Waals surface area (Å²) in [6.45, 7) is 0.355. The maximum atomic E-state index is 10.3. The molecule has 0 spiro atoms. The molecule has 134 valence electrons. The molecule has 3 rings (SSSR count). The van der Waals surface area contributed by atoms with E-state index in [1.165, 1.54) is 0 Å². The first-order valence-corrected chi connectivity index (χ1v) is 8.48. The van der Waals surface area contributed by atoms with Gasteiger partial charge < -0.3 is 24.8 Å². The third-order valence-corrected chi connectivity index (χ3v) is 4.65. The Morgan fingerprint density at radius 2 is 1.16 bits per heavy atom. The Hall–Kier alpha value is -1.76. The minimum atomic E-state index is -1.10. The quantitative estimate of drug-likeness (QED) is 0.709. The summed E-state index contributed by atoms with van der Waals surface area (Å²) in [5.41, 5.74) is 1.95. The van der Waals surface area contributed by atoms with Gasteiger partial charge in [-0.05, 0) is 11.1 Å². The van der Waals surface area contributed by atoms with Crippen molar-refractivity contribution in [3.8, 4) is 0 Å². The van der Waals surface area contributed by atoms with Crippen LogP contribution in [-0.4, -0.2) is 46.3 Å². The highest BCUT2D eigenvalue weighted by atomic mass is 16.6. The Morgan fingerprint density at radius 1 is 0.680 bits per heavy atom. The Balaban J connectivity index is 1.68. The third-order valence-electron chi connectivity index (χ3n) is 4.65. The Morgan fingerprint density at radius 3 is 1.64 bits per heavy atom. The van der Waals surface area contributed by atoms with Crippen molar-refractivity contribution >= 4 is 0 Å². The monoisotopic (exact) mass is 344 g/mol. The van der Waals surface area contributed by atoms with Crippen LogP contribution in [0.3, 0.4) is 0 Å². The van der Waals surface area contributed by atoms with Crippen LogP contribution < -0.4 is 0 Å². The lowest BCUT2D eigenvalue weighted by Gasteiger charge is -2.25. The highest BCUT2D eigenvalue weighted by Gasteiger charge is 2.50. The molecule has 25 heavy (non-hydrogen) atoms. The molecule has 1 saturated carbocycles. The van der Waals surface area contributed by atoms with Crippen molar-refractivity contribution in [2.75, 3.05) is 6.61 Å². The second-order valence-corrected chi connectivity index (χ2v) is 6.35. The van der Waals surface area contributed by atoms with Crippen LogP contribution in [0.4, 0.5) is 0 Å². The maximum Gasteiger partial charge on any atom is 0.113 e. The minimum Gasteiger partial charge on any atom is -0.396 e. The maximum absolute atomic E-state index is 10.3. The number of rotatable bonds is 7. The Labute approximate surface area is 147 Å². The summed E-state index contributed by atoms with van der Waals surface area (Å²) in [5, 5.41) is 30.2. The van der Waals surface area contributed by atoms with E-state index in [9.17, 15) is 15.3 Å². The molecule has 1 aliphatic rings. The number of hydrogen-bond acceptors (Lipinski definition) is 5. The molecule has 0 radical (unpaired) electrons. The summed E-state index contributed by atoms with van der Waals surface area (Å²) in [7, 11) is 0. The average molecular weight is 344 g/mol. The van der Waals surface area contributed by atoms with Crippen molar-refractivity contribution in [3.05, 3.63) is 71.8 Å². The predicted molar refractivity (Wildman–Crippen MR) is 92.6 cm³/mol. The van der Waals surface area contributed by atoms with Gasteiger partial charge in [0.1, 0.15) is 12.2 Å². The van der Waals surface area contributed by atoms with E-state index in [4.69, 9.17) is 9.47 Å². The Kier molecular flexibility index (Phi) is 6.18. The lowest BCUT2D eigenvalue weighted by molar-refractivity contribution is -0.115. The molecule has 5 atom stereocenters. The van der Waals surface area contributed by atoms with Gasteiger partial charge in [-0.1, -0.05) is 60.7 Å². The SMILES string of the molecule is OC[C@H]1[C@H](O)[C@H](O)[C@@H](OCc2ccccc2)[C@@H]1OCc1ccccc1. The fourth-order valence-corrected chi connectivity index (χ4v) is 3.24. The Bertz CT molecular complexity index is 633. The molecule has 5 nitrogen and oxygen atoms in total. The van der Waals surface area contributed by atoms with Crippen LogP contribution in [0.5, 0.6) is 0 Å². The van der Waals surface area contributed by atoms with E-state index in [1.807, 2.05) is 60.7 Å². The molecule has 2 aromatic rings. The van der Waals surface area contributed by atoms with Gasteiger partial charge in [0.05, 0.1) is 32.0 Å². The first-order chi connectivity index (χ1) is 12.2. The molecule has 1 aliphatic carbocycles. The van der Waals surface area contributed by atoms with Gasteiger partial charge in [0, 0.05) is 5.92 Å². The van der Waals surface area contributed by atoms with Crippen molar-refractivity contribution in [1.82, 2.24) is 0 Å². The van der Waals surface area contributed by atoms with Crippen molar-refractivity contribution in [2.45, 2.75) is 37.6 Å². The van der Waals surface area contributed by atoms with Crippen LogP contribution in [0.15, 0.2) is 60.7 Å². The number of benzene rings is 2. The summed E-state index contributed by atoms with van der Waals surface area (Å²) >= 11 is 0.